The Balaban J connectivity index is 2.11. The zero-order valence-corrected chi connectivity index (χ0v) is 14.0. The van der Waals surface area contributed by atoms with E-state index in [0.717, 1.165) is 10.7 Å². The predicted octanol–water partition coefficient (Wildman–Crippen LogP) is 2.87. The molecule has 0 fully saturated rings. The van der Waals surface area contributed by atoms with E-state index in [9.17, 15) is 10.1 Å². The molecule has 2 rings (SSSR count). The molecular weight excluding hydrogens is 296 g/mol. The van der Waals surface area contributed by atoms with Gasteiger partial charge in [-0.3, -0.25) is 9.20 Å². The first-order valence-electron chi connectivity index (χ1n) is 7.19. The third-order valence-electron chi connectivity index (χ3n) is 3.83. The quantitative estimate of drug-likeness (QED) is 0.861. The van der Waals surface area contributed by atoms with Crippen LogP contribution in [0.15, 0.2) is 35.7 Å². The predicted molar refractivity (Wildman–Crippen MR) is 87.5 cm³/mol. The molecule has 1 N–H and O–H groups in total. The first-order valence-corrected chi connectivity index (χ1v) is 8.07. The number of fused-ring (bicyclic) bond motifs is 1. The minimum Gasteiger partial charge on any atom is -0.337 e. The Morgan fingerprint density at radius 2 is 2.18 bits per heavy atom. The molecule has 0 aromatic carbocycles. The van der Waals surface area contributed by atoms with Crippen molar-refractivity contribution >= 4 is 23.2 Å². The molecule has 116 valence electrons. The highest BCUT2D eigenvalue weighted by Gasteiger charge is 2.32. The Morgan fingerprint density at radius 1 is 1.45 bits per heavy atom. The molecular formula is C16H20N4OS. The first kappa shape index (κ1) is 16.4. The molecule has 0 aliphatic heterocycles. The van der Waals surface area contributed by atoms with Crippen LogP contribution in [0.1, 0.15) is 27.7 Å². The second kappa shape index (κ2) is 6.41. The van der Waals surface area contributed by atoms with Crippen molar-refractivity contribution in [1.29, 1.82) is 5.26 Å². The molecule has 2 aromatic rings. The minimum atomic E-state index is -0.861. The summed E-state index contributed by atoms with van der Waals surface area (Å²) in [5, 5.41) is 12.6. The van der Waals surface area contributed by atoms with Crippen LogP contribution in [-0.2, 0) is 4.79 Å². The third kappa shape index (κ3) is 3.25. The number of nitriles is 1. The molecule has 22 heavy (non-hydrogen) atoms. The third-order valence-corrected chi connectivity index (χ3v) is 4.91. The number of pyridine rings is 1. The number of carbonyl (C=O) groups excluding carboxylic acids is 1. The maximum atomic E-state index is 12.4. The molecule has 0 saturated heterocycles. The topological polar surface area (TPSA) is 70.2 Å². The Hall–Kier alpha value is -2.00. The van der Waals surface area contributed by atoms with Crippen LogP contribution in [0, 0.1) is 17.2 Å². The Morgan fingerprint density at radius 3 is 2.82 bits per heavy atom. The van der Waals surface area contributed by atoms with E-state index in [1.165, 1.54) is 11.8 Å². The molecule has 2 aromatic heterocycles. The molecule has 0 aliphatic rings. The molecule has 2 heterocycles. The van der Waals surface area contributed by atoms with Crippen molar-refractivity contribution in [1.82, 2.24) is 14.7 Å². The van der Waals surface area contributed by atoms with Crippen LogP contribution in [0.5, 0.6) is 0 Å². The van der Waals surface area contributed by atoms with Gasteiger partial charge in [0.2, 0.25) is 5.91 Å². The number of nitrogens with zero attached hydrogens (tertiary/aromatic N) is 3. The second-order valence-corrected chi connectivity index (χ2v) is 7.06. The molecule has 1 amide bonds. The normalized spacial score (nSPS) is 15.3. The van der Waals surface area contributed by atoms with Crippen LogP contribution in [0.2, 0.25) is 0 Å². The highest BCUT2D eigenvalue weighted by Crippen LogP contribution is 2.24. The van der Waals surface area contributed by atoms with Crippen LogP contribution in [-0.4, -0.2) is 26.1 Å². The van der Waals surface area contributed by atoms with Gasteiger partial charge >= 0.3 is 0 Å². The fraction of sp³-hybridized carbons (Fsp3) is 0.438. The summed E-state index contributed by atoms with van der Waals surface area (Å²) < 4.78 is 1.94. The summed E-state index contributed by atoms with van der Waals surface area (Å²) in [6.45, 7) is 7.41. The number of imidazole rings is 1. The van der Waals surface area contributed by atoms with E-state index in [4.69, 9.17) is 0 Å². The number of thioether (sulfide) groups is 1. The van der Waals surface area contributed by atoms with Crippen molar-refractivity contribution in [3.63, 3.8) is 0 Å². The van der Waals surface area contributed by atoms with E-state index in [0.29, 0.717) is 0 Å². The van der Waals surface area contributed by atoms with Gasteiger partial charge in [-0.15, -0.1) is 0 Å². The fourth-order valence-corrected chi connectivity index (χ4v) is 2.75. The lowest BCUT2D eigenvalue weighted by molar-refractivity contribution is -0.121. The van der Waals surface area contributed by atoms with Gasteiger partial charge < -0.3 is 5.32 Å². The van der Waals surface area contributed by atoms with Crippen LogP contribution >= 0.6 is 11.8 Å². The van der Waals surface area contributed by atoms with Crippen LogP contribution in [0.4, 0.5) is 0 Å². The first-order chi connectivity index (χ1) is 10.4. The van der Waals surface area contributed by atoms with E-state index < -0.39 is 5.54 Å². The number of amides is 1. The maximum Gasteiger partial charge on any atom is 0.234 e. The summed E-state index contributed by atoms with van der Waals surface area (Å²) in [7, 11) is 0. The van der Waals surface area contributed by atoms with Crippen molar-refractivity contribution in [3.8, 4) is 6.07 Å². The van der Waals surface area contributed by atoms with Gasteiger partial charge in [0.1, 0.15) is 5.54 Å². The number of aromatic nitrogens is 2. The van der Waals surface area contributed by atoms with Gasteiger partial charge in [0.15, 0.2) is 5.16 Å². The fourth-order valence-electron chi connectivity index (χ4n) is 1.88. The zero-order valence-electron chi connectivity index (χ0n) is 13.2. The summed E-state index contributed by atoms with van der Waals surface area (Å²) in [5.41, 5.74) is 0.127. The average Bonchev–Trinajstić information content (AvgIpc) is 2.90. The van der Waals surface area contributed by atoms with E-state index in [1.807, 2.05) is 49.6 Å². The van der Waals surface area contributed by atoms with E-state index >= 15 is 0 Å². The van der Waals surface area contributed by atoms with Crippen molar-refractivity contribution < 1.29 is 4.79 Å². The van der Waals surface area contributed by atoms with E-state index in [1.54, 1.807) is 13.1 Å². The molecule has 2 atom stereocenters. The summed E-state index contributed by atoms with van der Waals surface area (Å²) in [4.78, 5) is 16.7. The largest absolute Gasteiger partial charge is 0.337 e. The maximum absolute atomic E-state index is 12.4. The smallest absolute Gasteiger partial charge is 0.234 e. The average molecular weight is 316 g/mol. The van der Waals surface area contributed by atoms with E-state index in [-0.39, 0.29) is 17.1 Å². The van der Waals surface area contributed by atoms with Gasteiger partial charge in [-0.25, -0.2) is 4.98 Å². The SMILES string of the molecule is CC(C)[C@@](C)(C#N)NC(=O)[C@H](C)Sc1ncc2ccccn12. The van der Waals surface area contributed by atoms with Crippen molar-refractivity contribution in [3.05, 3.63) is 30.6 Å². The van der Waals surface area contributed by atoms with Crippen molar-refractivity contribution in [2.24, 2.45) is 5.92 Å². The molecule has 0 radical (unpaired) electrons. The lowest BCUT2D eigenvalue weighted by Crippen LogP contribution is -2.51. The van der Waals surface area contributed by atoms with E-state index in [2.05, 4.69) is 16.4 Å². The number of carbonyl (C=O) groups is 1. The summed E-state index contributed by atoms with van der Waals surface area (Å²) in [6.07, 6.45) is 3.70. The molecule has 0 spiro atoms. The molecule has 5 nitrogen and oxygen atoms in total. The van der Waals surface area contributed by atoms with Gasteiger partial charge in [0, 0.05) is 6.20 Å². The Kier molecular flexibility index (Phi) is 4.77. The van der Waals surface area contributed by atoms with Gasteiger partial charge in [0.05, 0.1) is 23.0 Å². The van der Waals surface area contributed by atoms with Crippen LogP contribution in [0.3, 0.4) is 0 Å². The highest BCUT2D eigenvalue weighted by molar-refractivity contribution is 8.00. The number of nitrogens with one attached hydrogen (secondary N) is 1. The monoisotopic (exact) mass is 316 g/mol. The second-order valence-electron chi connectivity index (χ2n) is 5.75. The Labute approximate surface area is 134 Å². The van der Waals surface area contributed by atoms with Crippen molar-refractivity contribution in [2.45, 2.75) is 43.6 Å². The van der Waals surface area contributed by atoms with Crippen LogP contribution in [0.25, 0.3) is 5.52 Å². The van der Waals surface area contributed by atoms with Gasteiger partial charge in [0.25, 0.3) is 0 Å². The molecule has 0 unspecified atom stereocenters. The molecule has 0 aliphatic carbocycles. The molecule has 6 heteroatoms. The lowest BCUT2D eigenvalue weighted by Gasteiger charge is -2.28. The van der Waals surface area contributed by atoms with Gasteiger partial charge in [-0.1, -0.05) is 31.7 Å². The summed E-state index contributed by atoms with van der Waals surface area (Å²) in [6, 6.07) is 8.03. The number of hydrogen-bond acceptors (Lipinski definition) is 4. The standard InChI is InChI=1S/C16H20N4OS/c1-11(2)16(4,10-17)19-14(21)12(3)22-15-18-9-13-7-5-6-8-20(13)15/h5-9,11-12H,1-4H3,(H,19,21)/t12-,16+/m0/s1. The Bertz CT molecular complexity index is 718. The highest BCUT2D eigenvalue weighted by atomic mass is 32.2. The number of hydrogen-bond donors (Lipinski definition) is 1. The lowest BCUT2D eigenvalue weighted by atomic mass is 9.90. The van der Waals surface area contributed by atoms with Crippen LogP contribution < -0.4 is 5.32 Å². The zero-order chi connectivity index (χ0) is 16.3. The van der Waals surface area contributed by atoms with Gasteiger partial charge in [-0.05, 0) is 31.9 Å². The molecule has 0 bridgehead atoms. The minimum absolute atomic E-state index is 0.0332. The summed E-state index contributed by atoms with van der Waals surface area (Å²) in [5.74, 6) is -0.124. The van der Waals surface area contributed by atoms with Crippen molar-refractivity contribution in [2.75, 3.05) is 0 Å². The van der Waals surface area contributed by atoms with Gasteiger partial charge in [-0.2, -0.15) is 5.26 Å². The summed E-state index contributed by atoms with van der Waals surface area (Å²) >= 11 is 1.38. The molecule has 0 saturated carbocycles. The number of rotatable bonds is 5.